The standard InChI is InChI=1S/C10H13F3N2OS/c11-10(12,13)7-2-1-3-15(5-7)9-14-4-8(6-16)17-9/h4,7,16H,1-3,5-6H2. The molecule has 3 nitrogen and oxygen atoms in total. The highest BCUT2D eigenvalue weighted by Crippen LogP contribution is 2.35. The van der Waals surface area contributed by atoms with Gasteiger partial charge in [0.2, 0.25) is 0 Å². The number of alkyl halides is 3. The van der Waals surface area contributed by atoms with Gasteiger partial charge in [0, 0.05) is 19.3 Å². The van der Waals surface area contributed by atoms with Crippen molar-refractivity contribution in [1.29, 1.82) is 0 Å². The molecule has 1 N–H and O–H groups in total. The van der Waals surface area contributed by atoms with Crippen LogP contribution >= 0.6 is 11.3 Å². The average Bonchev–Trinajstić information content (AvgIpc) is 2.76. The van der Waals surface area contributed by atoms with Crippen LogP contribution in [0.4, 0.5) is 18.3 Å². The van der Waals surface area contributed by atoms with Crippen molar-refractivity contribution in [3.63, 3.8) is 0 Å². The Morgan fingerprint density at radius 1 is 1.53 bits per heavy atom. The molecule has 2 rings (SSSR count). The Bertz CT molecular complexity index is 380. The number of thiazole rings is 1. The highest BCUT2D eigenvalue weighted by molar-refractivity contribution is 7.15. The summed E-state index contributed by atoms with van der Waals surface area (Å²) in [4.78, 5) is 6.38. The number of piperidine rings is 1. The Hall–Kier alpha value is -0.820. The van der Waals surface area contributed by atoms with E-state index in [0.717, 1.165) is 0 Å². The number of aliphatic hydroxyl groups is 1. The third-order valence-electron chi connectivity index (χ3n) is 2.85. The van der Waals surface area contributed by atoms with Gasteiger partial charge in [-0.1, -0.05) is 11.3 Å². The maximum absolute atomic E-state index is 12.6. The molecule has 0 bridgehead atoms. The van der Waals surface area contributed by atoms with Gasteiger partial charge in [-0.05, 0) is 12.8 Å². The van der Waals surface area contributed by atoms with E-state index in [1.807, 2.05) is 0 Å². The lowest BCUT2D eigenvalue weighted by Gasteiger charge is -2.33. The highest BCUT2D eigenvalue weighted by atomic mass is 32.1. The zero-order valence-corrected chi connectivity index (χ0v) is 9.89. The van der Waals surface area contributed by atoms with Crippen LogP contribution in [0.25, 0.3) is 0 Å². The van der Waals surface area contributed by atoms with Gasteiger partial charge in [-0.2, -0.15) is 13.2 Å². The summed E-state index contributed by atoms with van der Waals surface area (Å²) in [6.07, 6.45) is -1.90. The lowest BCUT2D eigenvalue weighted by atomic mass is 9.98. The second-order valence-corrected chi connectivity index (χ2v) is 5.19. The monoisotopic (exact) mass is 266 g/mol. The molecule has 0 aromatic carbocycles. The predicted molar refractivity (Wildman–Crippen MR) is 59.0 cm³/mol. The van der Waals surface area contributed by atoms with Crippen LogP contribution in [0.5, 0.6) is 0 Å². The van der Waals surface area contributed by atoms with Gasteiger partial charge in [0.25, 0.3) is 0 Å². The molecule has 0 radical (unpaired) electrons. The Labute approximate surface area is 101 Å². The van der Waals surface area contributed by atoms with E-state index in [4.69, 9.17) is 5.11 Å². The number of anilines is 1. The largest absolute Gasteiger partial charge is 0.393 e. The van der Waals surface area contributed by atoms with Gasteiger partial charge < -0.3 is 10.0 Å². The highest BCUT2D eigenvalue weighted by Gasteiger charge is 2.42. The Morgan fingerprint density at radius 2 is 2.29 bits per heavy atom. The molecule has 1 aromatic heterocycles. The van der Waals surface area contributed by atoms with Gasteiger partial charge in [-0.15, -0.1) is 0 Å². The number of hydrogen-bond donors (Lipinski definition) is 1. The fourth-order valence-corrected chi connectivity index (χ4v) is 2.74. The van der Waals surface area contributed by atoms with Crippen molar-refractivity contribution in [3.8, 4) is 0 Å². The number of halogens is 3. The van der Waals surface area contributed by atoms with E-state index in [9.17, 15) is 13.2 Å². The van der Waals surface area contributed by atoms with E-state index in [1.165, 1.54) is 17.5 Å². The molecule has 1 unspecified atom stereocenters. The van der Waals surface area contributed by atoms with E-state index in [1.54, 1.807) is 4.90 Å². The third kappa shape index (κ3) is 2.90. The molecule has 1 saturated heterocycles. The summed E-state index contributed by atoms with van der Waals surface area (Å²) in [7, 11) is 0. The summed E-state index contributed by atoms with van der Waals surface area (Å²) in [6, 6.07) is 0. The van der Waals surface area contributed by atoms with Crippen molar-refractivity contribution in [2.75, 3.05) is 18.0 Å². The molecule has 1 fully saturated rings. The molecule has 17 heavy (non-hydrogen) atoms. The van der Waals surface area contributed by atoms with Crippen molar-refractivity contribution in [2.24, 2.45) is 5.92 Å². The van der Waals surface area contributed by atoms with Crippen LogP contribution in [0.3, 0.4) is 0 Å². The Balaban J connectivity index is 2.06. The summed E-state index contributed by atoms with van der Waals surface area (Å²) in [5.41, 5.74) is 0. The minimum Gasteiger partial charge on any atom is -0.391 e. The quantitative estimate of drug-likeness (QED) is 0.893. The zero-order valence-electron chi connectivity index (χ0n) is 9.07. The fourth-order valence-electron chi connectivity index (χ4n) is 1.93. The molecule has 2 heterocycles. The molecular weight excluding hydrogens is 253 g/mol. The molecule has 0 amide bonds. The molecular formula is C10H13F3N2OS. The van der Waals surface area contributed by atoms with Gasteiger partial charge in [0.15, 0.2) is 5.13 Å². The average molecular weight is 266 g/mol. The number of aliphatic hydroxyl groups excluding tert-OH is 1. The smallest absolute Gasteiger partial charge is 0.391 e. The lowest BCUT2D eigenvalue weighted by molar-refractivity contribution is -0.175. The maximum atomic E-state index is 12.6. The minimum atomic E-state index is -4.13. The molecule has 1 atom stereocenters. The van der Waals surface area contributed by atoms with Crippen molar-refractivity contribution < 1.29 is 18.3 Å². The Morgan fingerprint density at radius 3 is 2.88 bits per heavy atom. The molecule has 1 aliphatic heterocycles. The number of aromatic nitrogens is 1. The first kappa shape index (κ1) is 12.6. The van der Waals surface area contributed by atoms with Crippen molar-refractivity contribution in [2.45, 2.75) is 25.6 Å². The molecule has 0 spiro atoms. The summed E-state index contributed by atoms with van der Waals surface area (Å²) >= 11 is 1.25. The van der Waals surface area contributed by atoms with Gasteiger partial charge in [-0.25, -0.2) is 4.98 Å². The fraction of sp³-hybridized carbons (Fsp3) is 0.700. The minimum absolute atomic E-state index is 0.0259. The molecule has 0 saturated carbocycles. The second-order valence-electron chi connectivity index (χ2n) is 4.09. The van der Waals surface area contributed by atoms with Crippen LogP contribution in [0.2, 0.25) is 0 Å². The van der Waals surface area contributed by atoms with Gasteiger partial charge >= 0.3 is 6.18 Å². The SMILES string of the molecule is OCc1cnc(N2CCCC(C(F)(F)F)C2)s1. The van der Waals surface area contributed by atoms with Crippen LogP contribution in [-0.4, -0.2) is 29.4 Å². The van der Waals surface area contributed by atoms with Gasteiger partial charge in [0.1, 0.15) is 0 Å². The predicted octanol–water partition coefficient (Wildman–Crippen LogP) is 2.41. The first-order valence-corrected chi connectivity index (χ1v) is 6.19. The third-order valence-corrected chi connectivity index (χ3v) is 3.89. The first-order chi connectivity index (χ1) is 8.00. The van der Waals surface area contributed by atoms with Gasteiger partial charge in [-0.3, -0.25) is 0 Å². The normalized spacial score (nSPS) is 21.9. The molecule has 0 aliphatic carbocycles. The molecule has 1 aromatic rings. The summed E-state index contributed by atoms with van der Waals surface area (Å²) in [6.45, 7) is 0.459. The van der Waals surface area contributed by atoms with Crippen LogP contribution < -0.4 is 4.90 Å². The number of nitrogens with zero attached hydrogens (tertiary/aromatic N) is 2. The van der Waals surface area contributed by atoms with Crippen molar-refractivity contribution >= 4 is 16.5 Å². The van der Waals surface area contributed by atoms with E-state index >= 15 is 0 Å². The van der Waals surface area contributed by atoms with E-state index in [-0.39, 0.29) is 19.6 Å². The molecule has 1 aliphatic rings. The maximum Gasteiger partial charge on any atom is 0.393 e. The summed E-state index contributed by atoms with van der Waals surface area (Å²) < 4.78 is 37.9. The van der Waals surface area contributed by atoms with Crippen LogP contribution in [0.1, 0.15) is 17.7 Å². The zero-order chi connectivity index (χ0) is 12.5. The Kier molecular flexibility index (Phi) is 3.58. The number of rotatable bonds is 2. The van der Waals surface area contributed by atoms with Crippen molar-refractivity contribution in [3.05, 3.63) is 11.1 Å². The summed E-state index contributed by atoms with van der Waals surface area (Å²) in [5.74, 6) is -1.27. The van der Waals surface area contributed by atoms with Crippen LogP contribution in [-0.2, 0) is 6.61 Å². The van der Waals surface area contributed by atoms with Crippen LogP contribution in [0.15, 0.2) is 6.20 Å². The second kappa shape index (κ2) is 4.81. The first-order valence-electron chi connectivity index (χ1n) is 5.38. The van der Waals surface area contributed by atoms with E-state index in [2.05, 4.69) is 4.98 Å². The van der Waals surface area contributed by atoms with E-state index in [0.29, 0.717) is 23.0 Å². The van der Waals surface area contributed by atoms with Gasteiger partial charge in [0.05, 0.1) is 17.4 Å². The van der Waals surface area contributed by atoms with Crippen molar-refractivity contribution in [1.82, 2.24) is 4.98 Å². The van der Waals surface area contributed by atoms with Crippen LogP contribution in [0, 0.1) is 5.92 Å². The summed E-state index contributed by atoms with van der Waals surface area (Å²) in [5, 5.41) is 9.47. The van der Waals surface area contributed by atoms with E-state index < -0.39 is 12.1 Å². The number of hydrogen-bond acceptors (Lipinski definition) is 4. The topological polar surface area (TPSA) is 36.4 Å². The lowest BCUT2D eigenvalue weighted by Crippen LogP contribution is -2.41. The molecule has 7 heteroatoms. The molecule has 96 valence electrons.